The molecule has 2 saturated carbocycles. The predicted molar refractivity (Wildman–Crippen MR) is 105 cm³/mol. The topological polar surface area (TPSA) is 37.7 Å². The number of hydrogen-bond donors (Lipinski definition) is 0. The van der Waals surface area contributed by atoms with Crippen molar-refractivity contribution in [3.05, 3.63) is 24.0 Å². The molecule has 5 rings (SSSR count). The van der Waals surface area contributed by atoms with Crippen LogP contribution in [0.3, 0.4) is 0 Å². The molecule has 0 bridgehead atoms. The van der Waals surface area contributed by atoms with Crippen molar-refractivity contribution in [2.75, 3.05) is 39.4 Å². The number of hydrogen-bond acceptors (Lipinski definition) is 3. The van der Waals surface area contributed by atoms with Gasteiger partial charge in [0, 0.05) is 46.1 Å². The number of aryl methyl sites for hydroxylation is 1. The van der Waals surface area contributed by atoms with Gasteiger partial charge in [-0.05, 0) is 75.0 Å². The summed E-state index contributed by atoms with van der Waals surface area (Å²) in [4.78, 5) is 17.7. The third-order valence-electron chi connectivity index (χ3n) is 7.15. The quantitative estimate of drug-likeness (QED) is 0.740. The highest BCUT2D eigenvalue weighted by atomic mass is 16.5. The SMILES string of the molecule is Cn1cccc1C(=O)N1CC2(C[C@@H](COCC3CC3)CCN2CC2CC2)C1. The Bertz CT molecular complexity index is 685. The van der Waals surface area contributed by atoms with Crippen LogP contribution in [0.25, 0.3) is 0 Å². The van der Waals surface area contributed by atoms with Crippen molar-refractivity contribution in [3.8, 4) is 0 Å². The number of carbonyl (C=O) groups is 1. The molecule has 0 radical (unpaired) electrons. The Balaban J connectivity index is 1.22. The molecule has 0 aromatic carbocycles. The van der Waals surface area contributed by atoms with Gasteiger partial charge < -0.3 is 14.2 Å². The zero-order chi connectivity index (χ0) is 18.4. The summed E-state index contributed by atoms with van der Waals surface area (Å²) >= 11 is 0. The first kappa shape index (κ1) is 17.7. The number of rotatable bonds is 7. The van der Waals surface area contributed by atoms with Gasteiger partial charge in [-0.1, -0.05) is 0 Å². The van der Waals surface area contributed by atoms with Crippen molar-refractivity contribution < 1.29 is 9.53 Å². The Morgan fingerprint density at radius 3 is 2.52 bits per heavy atom. The van der Waals surface area contributed by atoms with Crippen LogP contribution < -0.4 is 0 Å². The molecule has 3 heterocycles. The highest BCUT2D eigenvalue weighted by molar-refractivity contribution is 5.93. The molecule has 4 fully saturated rings. The maximum atomic E-state index is 12.9. The molecule has 1 aromatic heterocycles. The van der Waals surface area contributed by atoms with E-state index in [1.807, 2.05) is 29.9 Å². The minimum atomic E-state index is 0.187. The molecule has 2 aliphatic heterocycles. The highest BCUT2D eigenvalue weighted by Gasteiger charge is 2.53. The molecule has 1 amide bonds. The van der Waals surface area contributed by atoms with Crippen molar-refractivity contribution in [2.24, 2.45) is 24.8 Å². The lowest BCUT2D eigenvalue weighted by molar-refractivity contribution is -0.0897. The molecule has 27 heavy (non-hydrogen) atoms. The second kappa shape index (κ2) is 6.93. The van der Waals surface area contributed by atoms with Gasteiger partial charge >= 0.3 is 0 Å². The molecule has 4 aliphatic rings. The van der Waals surface area contributed by atoms with Gasteiger partial charge in [-0.15, -0.1) is 0 Å². The molecule has 148 valence electrons. The van der Waals surface area contributed by atoms with E-state index in [0.717, 1.165) is 43.8 Å². The molecule has 2 aliphatic carbocycles. The maximum absolute atomic E-state index is 12.9. The van der Waals surface area contributed by atoms with E-state index in [0.29, 0.717) is 5.92 Å². The molecule has 0 unspecified atom stereocenters. The number of ether oxygens (including phenoxy) is 1. The number of likely N-dealkylation sites (tertiary alicyclic amines) is 2. The Kier molecular flexibility index (Phi) is 4.55. The number of nitrogens with zero attached hydrogens (tertiary/aromatic N) is 3. The fraction of sp³-hybridized carbons (Fsp3) is 0.773. The monoisotopic (exact) mass is 371 g/mol. The predicted octanol–water partition coefficient (Wildman–Crippen LogP) is 2.77. The van der Waals surface area contributed by atoms with Crippen molar-refractivity contribution in [1.29, 1.82) is 0 Å². The second-order valence-corrected chi connectivity index (χ2v) is 9.62. The van der Waals surface area contributed by atoms with Crippen molar-refractivity contribution in [3.63, 3.8) is 0 Å². The van der Waals surface area contributed by atoms with Crippen LogP contribution in [0.15, 0.2) is 18.3 Å². The molecular weight excluding hydrogens is 338 g/mol. The van der Waals surface area contributed by atoms with Gasteiger partial charge in [0.25, 0.3) is 5.91 Å². The second-order valence-electron chi connectivity index (χ2n) is 9.62. The van der Waals surface area contributed by atoms with Crippen LogP contribution in [0, 0.1) is 17.8 Å². The van der Waals surface area contributed by atoms with E-state index >= 15 is 0 Å². The minimum absolute atomic E-state index is 0.187. The first-order valence-electron chi connectivity index (χ1n) is 10.9. The number of aromatic nitrogens is 1. The largest absolute Gasteiger partial charge is 0.381 e. The standard InChI is InChI=1S/C22H33N3O2/c1-23-9-2-3-20(23)21(26)24-15-22(16-24)11-19(14-27-13-18-6-7-18)8-10-25(22)12-17-4-5-17/h2-3,9,17-19H,4-8,10-16H2,1H3/t19-/m0/s1. The molecule has 0 N–H and O–H groups in total. The van der Waals surface area contributed by atoms with Gasteiger partial charge in [-0.25, -0.2) is 0 Å². The number of piperidine rings is 1. The zero-order valence-corrected chi connectivity index (χ0v) is 16.6. The Hall–Kier alpha value is -1.33. The van der Waals surface area contributed by atoms with Crippen molar-refractivity contribution >= 4 is 5.91 Å². The van der Waals surface area contributed by atoms with Gasteiger partial charge in [0.15, 0.2) is 0 Å². The summed E-state index contributed by atoms with van der Waals surface area (Å²) in [6.45, 7) is 6.09. The van der Waals surface area contributed by atoms with Gasteiger partial charge in [-0.2, -0.15) is 0 Å². The lowest BCUT2D eigenvalue weighted by atomic mass is 9.74. The lowest BCUT2D eigenvalue weighted by Crippen LogP contribution is -2.73. The summed E-state index contributed by atoms with van der Waals surface area (Å²) in [7, 11) is 1.95. The summed E-state index contributed by atoms with van der Waals surface area (Å²) in [5.41, 5.74) is 1.01. The molecule has 2 saturated heterocycles. The molecule has 5 heteroatoms. The van der Waals surface area contributed by atoms with Gasteiger partial charge in [0.1, 0.15) is 5.69 Å². The molecular formula is C22H33N3O2. The Morgan fingerprint density at radius 2 is 1.85 bits per heavy atom. The van der Waals surface area contributed by atoms with Crippen LogP contribution in [0.2, 0.25) is 0 Å². The van der Waals surface area contributed by atoms with E-state index in [2.05, 4.69) is 9.80 Å². The first-order chi connectivity index (χ1) is 13.1. The van der Waals surface area contributed by atoms with E-state index in [1.54, 1.807) is 0 Å². The van der Waals surface area contributed by atoms with Gasteiger partial charge in [0.2, 0.25) is 0 Å². The minimum Gasteiger partial charge on any atom is -0.381 e. The van der Waals surface area contributed by atoms with Crippen LogP contribution in [0.4, 0.5) is 0 Å². The third kappa shape index (κ3) is 3.68. The first-order valence-corrected chi connectivity index (χ1v) is 10.9. The van der Waals surface area contributed by atoms with Crippen LogP contribution in [-0.2, 0) is 11.8 Å². The van der Waals surface area contributed by atoms with Crippen molar-refractivity contribution in [1.82, 2.24) is 14.4 Å². The summed E-state index contributed by atoms with van der Waals surface area (Å²) in [5.74, 6) is 2.59. The third-order valence-corrected chi connectivity index (χ3v) is 7.15. The molecule has 1 atom stereocenters. The van der Waals surface area contributed by atoms with E-state index in [9.17, 15) is 4.79 Å². The summed E-state index contributed by atoms with van der Waals surface area (Å²) in [6, 6.07) is 3.89. The number of amides is 1. The summed E-state index contributed by atoms with van der Waals surface area (Å²) < 4.78 is 7.97. The Labute approximate surface area is 162 Å². The van der Waals surface area contributed by atoms with Crippen molar-refractivity contribution in [2.45, 2.75) is 44.1 Å². The smallest absolute Gasteiger partial charge is 0.270 e. The summed E-state index contributed by atoms with van der Waals surface area (Å²) in [5, 5.41) is 0. The van der Waals surface area contributed by atoms with E-state index in [4.69, 9.17) is 4.74 Å². The Morgan fingerprint density at radius 1 is 1.11 bits per heavy atom. The molecule has 5 nitrogen and oxygen atoms in total. The normalized spacial score (nSPS) is 27.7. The van der Waals surface area contributed by atoms with E-state index in [1.165, 1.54) is 51.6 Å². The molecule has 1 spiro atoms. The number of carbonyl (C=O) groups excluding carboxylic acids is 1. The lowest BCUT2D eigenvalue weighted by Gasteiger charge is -2.59. The fourth-order valence-electron chi connectivity index (χ4n) is 5.05. The van der Waals surface area contributed by atoms with Crippen LogP contribution >= 0.6 is 0 Å². The van der Waals surface area contributed by atoms with Crippen LogP contribution in [0.5, 0.6) is 0 Å². The zero-order valence-electron chi connectivity index (χ0n) is 16.6. The van der Waals surface area contributed by atoms with Crippen LogP contribution in [0.1, 0.15) is 49.0 Å². The van der Waals surface area contributed by atoms with Gasteiger partial charge in [-0.3, -0.25) is 9.69 Å². The molecule has 1 aromatic rings. The highest BCUT2D eigenvalue weighted by Crippen LogP contribution is 2.42. The van der Waals surface area contributed by atoms with E-state index in [-0.39, 0.29) is 11.4 Å². The summed E-state index contributed by atoms with van der Waals surface area (Å²) in [6.07, 6.45) is 9.92. The maximum Gasteiger partial charge on any atom is 0.270 e. The van der Waals surface area contributed by atoms with Crippen LogP contribution in [-0.4, -0.2) is 65.2 Å². The van der Waals surface area contributed by atoms with Gasteiger partial charge in [0.05, 0.1) is 5.54 Å². The average molecular weight is 372 g/mol. The fourth-order valence-corrected chi connectivity index (χ4v) is 5.05. The average Bonchev–Trinajstić information content (AvgIpc) is 3.55. The van der Waals surface area contributed by atoms with E-state index < -0.39 is 0 Å².